The van der Waals surface area contributed by atoms with E-state index in [1.165, 1.54) is 12.8 Å². The number of nitrogens with zero attached hydrogens (tertiary/aromatic N) is 3. The SMILES string of the molecule is O=C1Cn2c(cnc2C2CC2)CN1CCF. The molecular formula is C11H14FN3O. The van der Waals surface area contributed by atoms with Crippen molar-refractivity contribution in [2.24, 2.45) is 0 Å². The van der Waals surface area contributed by atoms with Crippen molar-refractivity contribution in [3.05, 3.63) is 17.7 Å². The number of imidazole rings is 1. The first-order valence-corrected chi connectivity index (χ1v) is 5.67. The second-order valence-electron chi connectivity index (χ2n) is 4.47. The van der Waals surface area contributed by atoms with E-state index in [1.54, 1.807) is 4.90 Å². The molecular weight excluding hydrogens is 209 g/mol. The number of amides is 1. The molecule has 0 radical (unpaired) electrons. The Kier molecular flexibility index (Phi) is 2.19. The number of fused-ring (bicyclic) bond motifs is 1. The third-order valence-electron chi connectivity index (χ3n) is 3.26. The van der Waals surface area contributed by atoms with Crippen LogP contribution in [-0.2, 0) is 17.9 Å². The number of carbonyl (C=O) groups is 1. The largest absolute Gasteiger partial charge is 0.333 e. The molecule has 0 N–H and O–H groups in total. The van der Waals surface area contributed by atoms with Gasteiger partial charge in [0.25, 0.3) is 0 Å². The Hall–Kier alpha value is -1.39. The van der Waals surface area contributed by atoms with Gasteiger partial charge in [0.1, 0.15) is 19.0 Å². The molecule has 0 atom stereocenters. The molecule has 0 aromatic carbocycles. The molecule has 16 heavy (non-hydrogen) atoms. The lowest BCUT2D eigenvalue weighted by molar-refractivity contribution is -0.134. The third-order valence-corrected chi connectivity index (χ3v) is 3.26. The predicted octanol–water partition coefficient (Wildman–Crippen LogP) is 1.07. The van der Waals surface area contributed by atoms with Crippen molar-refractivity contribution in [3.63, 3.8) is 0 Å². The van der Waals surface area contributed by atoms with Crippen molar-refractivity contribution in [1.82, 2.24) is 14.5 Å². The highest BCUT2D eigenvalue weighted by Gasteiger charge is 2.32. The standard InChI is InChI=1S/C11H14FN3O/c12-3-4-14-6-9-5-13-11(8-1-2-8)15(9)7-10(14)16/h5,8H,1-4,6-7H2. The van der Waals surface area contributed by atoms with Gasteiger partial charge in [0.05, 0.1) is 18.4 Å². The molecule has 2 aliphatic rings. The van der Waals surface area contributed by atoms with Crippen LogP contribution < -0.4 is 0 Å². The number of rotatable bonds is 3. The summed E-state index contributed by atoms with van der Waals surface area (Å²) in [5.41, 5.74) is 1.04. The third kappa shape index (κ3) is 1.50. The molecule has 1 amide bonds. The van der Waals surface area contributed by atoms with Gasteiger partial charge in [-0.25, -0.2) is 9.37 Å². The van der Waals surface area contributed by atoms with E-state index in [-0.39, 0.29) is 12.5 Å². The summed E-state index contributed by atoms with van der Waals surface area (Å²) in [5, 5.41) is 0. The summed E-state index contributed by atoms with van der Waals surface area (Å²) >= 11 is 0. The van der Waals surface area contributed by atoms with Crippen LogP contribution in [0.15, 0.2) is 6.20 Å². The molecule has 86 valence electrons. The lowest BCUT2D eigenvalue weighted by atomic mass is 10.3. The number of aromatic nitrogens is 2. The van der Waals surface area contributed by atoms with Crippen molar-refractivity contribution in [1.29, 1.82) is 0 Å². The van der Waals surface area contributed by atoms with E-state index in [9.17, 15) is 9.18 Å². The van der Waals surface area contributed by atoms with Crippen LogP contribution in [0.2, 0.25) is 0 Å². The maximum atomic E-state index is 12.3. The number of hydrogen-bond donors (Lipinski definition) is 0. The normalized spacial score (nSPS) is 20.1. The highest BCUT2D eigenvalue weighted by Crippen LogP contribution is 2.40. The van der Waals surface area contributed by atoms with Gasteiger partial charge in [0, 0.05) is 12.5 Å². The molecule has 1 aliphatic carbocycles. The van der Waals surface area contributed by atoms with Crippen molar-refractivity contribution >= 4 is 5.91 Å². The summed E-state index contributed by atoms with van der Waals surface area (Å²) < 4.78 is 14.3. The summed E-state index contributed by atoms with van der Waals surface area (Å²) in [5.74, 6) is 1.60. The number of carbonyl (C=O) groups excluding carboxylic acids is 1. The second kappa shape index (κ2) is 3.57. The first-order valence-electron chi connectivity index (χ1n) is 5.67. The highest BCUT2D eigenvalue weighted by atomic mass is 19.1. The average molecular weight is 223 g/mol. The van der Waals surface area contributed by atoms with Crippen LogP contribution in [0.5, 0.6) is 0 Å². The molecule has 1 saturated carbocycles. The quantitative estimate of drug-likeness (QED) is 0.768. The van der Waals surface area contributed by atoms with E-state index in [0.29, 0.717) is 19.0 Å². The van der Waals surface area contributed by atoms with Crippen LogP contribution in [-0.4, -0.2) is 33.6 Å². The molecule has 1 aromatic heterocycles. The van der Waals surface area contributed by atoms with E-state index in [2.05, 4.69) is 4.98 Å². The second-order valence-corrected chi connectivity index (χ2v) is 4.47. The highest BCUT2D eigenvalue weighted by molar-refractivity contribution is 5.77. The minimum Gasteiger partial charge on any atom is -0.333 e. The molecule has 1 aliphatic heterocycles. The number of halogens is 1. The predicted molar refractivity (Wildman–Crippen MR) is 55.6 cm³/mol. The average Bonchev–Trinajstić information content (AvgIpc) is 3.03. The van der Waals surface area contributed by atoms with Crippen LogP contribution in [0.1, 0.15) is 30.3 Å². The summed E-state index contributed by atoms with van der Waals surface area (Å²) in [6, 6.07) is 0. The van der Waals surface area contributed by atoms with Gasteiger partial charge in [-0.2, -0.15) is 0 Å². The zero-order chi connectivity index (χ0) is 11.1. The monoisotopic (exact) mass is 223 g/mol. The Bertz CT molecular complexity index is 425. The Labute approximate surface area is 93.1 Å². The molecule has 0 unspecified atom stereocenters. The molecule has 0 saturated heterocycles. The van der Waals surface area contributed by atoms with Crippen molar-refractivity contribution in [3.8, 4) is 0 Å². The van der Waals surface area contributed by atoms with Crippen molar-refractivity contribution in [2.45, 2.75) is 31.8 Å². The Morgan fingerprint density at radius 2 is 2.25 bits per heavy atom. The van der Waals surface area contributed by atoms with Crippen molar-refractivity contribution in [2.75, 3.05) is 13.2 Å². The fraction of sp³-hybridized carbons (Fsp3) is 0.636. The van der Waals surface area contributed by atoms with Gasteiger partial charge in [-0.15, -0.1) is 0 Å². The van der Waals surface area contributed by atoms with Gasteiger partial charge in [0.15, 0.2) is 0 Å². The van der Waals surface area contributed by atoms with E-state index >= 15 is 0 Å². The minimum absolute atomic E-state index is 0.00468. The smallest absolute Gasteiger partial charge is 0.243 e. The summed E-state index contributed by atoms with van der Waals surface area (Å²) in [4.78, 5) is 17.7. The molecule has 4 nitrogen and oxygen atoms in total. The van der Waals surface area contributed by atoms with Gasteiger partial charge < -0.3 is 9.47 Å². The first-order chi connectivity index (χ1) is 7.79. The Balaban J connectivity index is 1.87. The molecule has 5 heteroatoms. The van der Waals surface area contributed by atoms with E-state index in [0.717, 1.165) is 11.5 Å². The zero-order valence-electron chi connectivity index (χ0n) is 9.03. The maximum Gasteiger partial charge on any atom is 0.243 e. The van der Waals surface area contributed by atoms with Crippen LogP contribution in [0.3, 0.4) is 0 Å². The van der Waals surface area contributed by atoms with E-state index in [1.807, 2.05) is 10.8 Å². The molecule has 3 rings (SSSR count). The Morgan fingerprint density at radius 3 is 2.94 bits per heavy atom. The summed E-state index contributed by atoms with van der Waals surface area (Å²) in [6.45, 7) is 0.557. The van der Waals surface area contributed by atoms with Gasteiger partial charge in [-0.3, -0.25) is 4.79 Å². The fourth-order valence-corrected chi connectivity index (χ4v) is 2.23. The minimum atomic E-state index is -0.477. The van der Waals surface area contributed by atoms with E-state index < -0.39 is 6.67 Å². The lowest BCUT2D eigenvalue weighted by Crippen LogP contribution is -2.40. The van der Waals surface area contributed by atoms with Crippen LogP contribution in [0.25, 0.3) is 0 Å². The summed E-state index contributed by atoms with van der Waals surface area (Å²) in [6.07, 6.45) is 4.18. The van der Waals surface area contributed by atoms with Gasteiger partial charge in [0.2, 0.25) is 5.91 Å². The van der Waals surface area contributed by atoms with Gasteiger partial charge in [-0.05, 0) is 12.8 Å². The molecule has 0 bridgehead atoms. The molecule has 1 aromatic rings. The van der Waals surface area contributed by atoms with Gasteiger partial charge >= 0.3 is 0 Å². The molecule has 1 fully saturated rings. The lowest BCUT2D eigenvalue weighted by Gasteiger charge is -2.27. The first kappa shape index (κ1) is 9.81. The molecule has 0 spiro atoms. The maximum absolute atomic E-state index is 12.3. The fourth-order valence-electron chi connectivity index (χ4n) is 2.23. The topological polar surface area (TPSA) is 38.1 Å². The van der Waals surface area contributed by atoms with Crippen LogP contribution in [0.4, 0.5) is 4.39 Å². The molecule has 2 heterocycles. The van der Waals surface area contributed by atoms with Crippen LogP contribution in [0, 0.1) is 0 Å². The Morgan fingerprint density at radius 1 is 1.44 bits per heavy atom. The van der Waals surface area contributed by atoms with Crippen molar-refractivity contribution < 1.29 is 9.18 Å². The zero-order valence-corrected chi connectivity index (χ0v) is 9.03. The van der Waals surface area contributed by atoms with E-state index in [4.69, 9.17) is 0 Å². The number of alkyl halides is 1. The summed E-state index contributed by atoms with van der Waals surface area (Å²) in [7, 11) is 0. The number of hydrogen-bond acceptors (Lipinski definition) is 2. The van der Waals surface area contributed by atoms with Crippen LogP contribution >= 0.6 is 0 Å². The van der Waals surface area contributed by atoms with Gasteiger partial charge in [-0.1, -0.05) is 0 Å².